The fourth-order valence-corrected chi connectivity index (χ4v) is 2.55. The molecule has 0 bridgehead atoms. The lowest BCUT2D eigenvalue weighted by atomic mass is 10.2. The van der Waals surface area contributed by atoms with E-state index in [-0.39, 0.29) is 18.1 Å². The van der Waals surface area contributed by atoms with Gasteiger partial charge in [0, 0.05) is 18.1 Å². The maximum Gasteiger partial charge on any atom is 0.241 e. The maximum absolute atomic E-state index is 12.4. The molecule has 1 N–H and O–H groups in total. The van der Waals surface area contributed by atoms with Crippen LogP contribution in [0.3, 0.4) is 0 Å². The number of amides is 1. The number of carbonyl (C=O) groups excluding carboxylic acids is 1. The van der Waals surface area contributed by atoms with Crippen LogP contribution in [-0.2, 0) is 9.53 Å². The van der Waals surface area contributed by atoms with E-state index < -0.39 is 0 Å². The van der Waals surface area contributed by atoms with Gasteiger partial charge in [-0.2, -0.15) is 0 Å². The summed E-state index contributed by atoms with van der Waals surface area (Å²) < 4.78 is 10.7. The molecule has 21 heavy (non-hydrogen) atoms. The van der Waals surface area contributed by atoms with Crippen molar-refractivity contribution in [2.24, 2.45) is 0 Å². The molecular formula is C15H21ClN2O3. The van der Waals surface area contributed by atoms with Crippen molar-refractivity contribution >= 4 is 23.2 Å². The number of hydrogen-bond acceptors (Lipinski definition) is 4. The number of ether oxygens (including phenoxy) is 2. The molecule has 6 heteroatoms. The number of morpholine rings is 1. The van der Waals surface area contributed by atoms with Crippen molar-refractivity contribution in [2.75, 3.05) is 32.1 Å². The highest BCUT2D eigenvalue weighted by atomic mass is 35.5. The van der Waals surface area contributed by atoms with Crippen molar-refractivity contribution in [3.05, 3.63) is 23.2 Å². The number of carbonyl (C=O) groups is 1. The van der Waals surface area contributed by atoms with Gasteiger partial charge in [-0.05, 0) is 32.0 Å². The Morgan fingerprint density at radius 1 is 1.57 bits per heavy atom. The summed E-state index contributed by atoms with van der Waals surface area (Å²) >= 11 is 5.97. The topological polar surface area (TPSA) is 50.8 Å². The van der Waals surface area contributed by atoms with Crippen molar-refractivity contribution in [1.82, 2.24) is 4.90 Å². The van der Waals surface area contributed by atoms with Crippen LogP contribution in [0.2, 0.25) is 5.02 Å². The van der Waals surface area contributed by atoms with Gasteiger partial charge in [0.2, 0.25) is 5.91 Å². The molecule has 116 valence electrons. The molecule has 2 atom stereocenters. The Morgan fingerprint density at radius 3 is 3.00 bits per heavy atom. The monoisotopic (exact) mass is 312 g/mol. The molecule has 1 aliphatic heterocycles. The van der Waals surface area contributed by atoms with Gasteiger partial charge in [0.15, 0.2) is 0 Å². The zero-order valence-corrected chi connectivity index (χ0v) is 13.3. The van der Waals surface area contributed by atoms with E-state index in [0.29, 0.717) is 23.1 Å². The number of methoxy groups -OCH3 is 1. The second-order valence-electron chi connectivity index (χ2n) is 5.19. The molecular weight excluding hydrogens is 292 g/mol. The minimum Gasteiger partial charge on any atom is -0.495 e. The molecule has 1 aliphatic rings. The lowest BCUT2D eigenvalue weighted by Gasteiger charge is -2.34. The quantitative estimate of drug-likeness (QED) is 0.927. The van der Waals surface area contributed by atoms with E-state index in [9.17, 15) is 4.79 Å². The molecule has 1 aromatic carbocycles. The van der Waals surface area contributed by atoms with E-state index >= 15 is 0 Å². The van der Waals surface area contributed by atoms with Crippen LogP contribution in [-0.4, -0.2) is 49.8 Å². The number of rotatable bonds is 4. The van der Waals surface area contributed by atoms with E-state index in [2.05, 4.69) is 10.2 Å². The van der Waals surface area contributed by atoms with E-state index in [0.717, 1.165) is 13.1 Å². The summed E-state index contributed by atoms with van der Waals surface area (Å²) in [6.07, 6.45) is 0.148. The second-order valence-corrected chi connectivity index (χ2v) is 5.62. The smallest absolute Gasteiger partial charge is 0.241 e. The highest BCUT2D eigenvalue weighted by molar-refractivity contribution is 6.31. The Morgan fingerprint density at radius 2 is 2.33 bits per heavy atom. The SMILES string of the molecule is COc1ccc(Cl)cc1NC(=O)[C@@H](C)N1CCO[C@@H](C)C1. The predicted octanol–water partition coefficient (Wildman–Crippen LogP) is 2.40. The third-order valence-corrected chi connectivity index (χ3v) is 3.85. The molecule has 5 nitrogen and oxygen atoms in total. The molecule has 0 aliphatic carbocycles. The van der Waals surface area contributed by atoms with Gasteiger partial charge in [-0.15, -0.1) is 0 Å². The van der Waals surface area contributed by atoms with Crippen molar-refractivity contribution in [2.45, 2.75) is 26.0 Å². The van der Waals surface area contributed by atoms with E-state index in [1.807, 2.05) is 13.8 Å². The van der Waals surface area contributed by atoms with Crippen molar-refractivity contribution in [3.63, 3.8) is 0 Å². The molecule has 1 heterocycles. The van der Waals surface area contributed by atoms with Crippen LogP contribution >= 0.6 is 11.6 Å². The average molecular weight is 313 g/mol. The zero-order valence-electron chi connectivity index (χ0n) is 12.6. The Kier molecular flexibility index (Phi) is 5.45. The Bertz CT molecular complexity index is 510. The fraction of sp³-hybridized carbons (Fsp3) is 0.533. The Hall–Kier alpha value is -1.30. The molecule has 1 amide bonds. The molecule has 0 aromatic heterocycles. The highest BCUT2D eigenvalue weighted by Gasteiger charge is 2.26. The van der Waals surface area contributed by atoms with Gasteiger partial charge in [-0.3, -0.25) is 9.69 Å². The number of benzene rings is 1. The molecule has 1 fully saturated rings. The average Bonchev–Trinajstić information content (AvgIpc) is 2.46. The summed E-state index contributed by atoms with van der Waals surface area (Å²) in [5, 5.41) is 3.44. The number of halogens is 1. The van der Waals surface area contributed by atoms with Gasteiger partial charge >= 0.3 is 0 Å². The van der Waals surface area contributed by atoms with Gasteiger partial charge in [0.05, 0.1) is 31.5 Å². The standard InChI is InChI=1S/C15H21ClN2O3/c1-10-9-18(6-7-21-10)11(2)15(19)17-13-8-12(16)4-5-14(13)20-3/h4-5,8,10-11H,6-7,9H2,1-3H3,(H,17,19)/t10-,11+/m0/s1. The summed E-state index contributed by atoms with van der Waals surface area (Å²) in [5.74, 6) is 0.514. The summed E-state index contributed by atoms with van der Waals surface area (Å²) in [6, 6.07) is 4.91. The van der Waals surface area contributed by atoms with Gasteiger partial charge in [0.1, 0.15) is 5.75 Å². The first-order chi connectivity index (χ1) is 10.0. The van der Waals surface area contributed by atoms with Gasteiger partial charge < -0.3 is 14.8 Å². The molecule has 0 spiro atoms. The summed E-state index contributed by atoms with van der Waals surface area (Å²) in [4.78, 5) is 14.5. The maximum atomic E-state index is 12.4. The fourth-order valence-electron chi connectivity index (χ4n) is 2.38. The number of anilines is 1. The van der Waals surface area contributed by atoms with Crippen LogP contribution in [0.15, 0.2) is 18.2 Å². The van der Waals surface area contributed by atoms with Crippen LogP contribution in [0.4, 0.5) is 5.69 Å². The first kappa shape index (κ1) is 16.1. The molecule has 2 rings (SSSR count). The number of nitrogens with one attached hydrogen (secondary N) is 1. The Labute approximate surface area is 130 Å². The number of hydrogen-bond donors (Lipinski definition) is 1. The molecule has 0 unspecified atom stereocenters. The van der Waals surface area contributed by atoms with Gasteiger partial charge in [-0.25, -0.2) is 0 Å². The van der Waals surface area contributed by atoms with Crippen LogP contribution in [0.5, 0.6) is 5.75 Å². The summed E-state index contributed by atoms with van der Waals surface area (Å²) in [6.45, 7) is 6.06. The lowest BCUT2D eigenvalue weighted by Crippen LogP contribution is -2.50. The van der Waals surface area contributed by atoms with Gasteiger partial charge in [0.25, 0.3) is 0 Å². The number of nitrogens with zero attached hydrogens (tertiary/aromatic N) is 1. The third-order valence-electron chi connectivity index (χ3n) is 3.62. The van der Waals surface area contributed by atoms with Crippen LogP contribution in [0.25, 0.3) is 0 Å². The second kappa shape index (κ2) is 7.11. The van der Waals surface area contributed by atoms with E-state index in [1.54, 1.807) is 25.3 Å². The van der Waals surface area contributed by atoms with Crippen LogP contribution < -0.4 is 10.1 Å². The normalized spacial score (nSPS) is 20.9. The van der Waals surface area contributed by atoms with Gasteiger partial charge in [-0.1, -0.05) is 11.6 Å². The van der Waals surface area contributed by atoms with Crippen molar-refractivity contribution < 1.29 is 14.3 Å². The molecule has 1 aromatic rings. The van der Waals surface area contributed by atoms with Crippen LogP contribution in [0, 0.1) is 0 Å². The molecule has 0 radical (unpaired) electrons. The van der Waals surface area contributed by atoms with Crippen molar-refractivity contribution in [3.8, 4) is 5.75 Å². The van der Waals surface area contributed by atoms with E-state index in [4.69, 9.17) is 21.1 Å². The predicted molar refractivity (Wildman–Crippen MR) is 83.1 cm³/mol. The molecule has 0 saturated carbocycles. The lowest BCUT2D eigenvalue weighted by molar-refractivity contribution is -0.123. The van der Waals surface area contributed by atoms with E-state index in [1.165, 1.54) is 0 Å². The minimum atomic E-state index is -0.236. The largest absolute Gasteiger partial charge is 0.495 e. The van der Waals surface area contributed by atoms with Crippen molar-refractivity contribution in [1.29, 1.82) is 0 Å². The Balaban J connectivity index is 2.05. The summed E-state index contributed by atoms with van der Waals surface area (Å²) in [5.41, 5.74) is 0.586. The highest BCUT2D eigenvalue weighted by Crippen LogP contribution is 2.28. The van der Waals surface area contributed by atoms with Crippen LogP contribution in [0.1, 0.15) is 13.8 Å². The summed E-state index contributed by atoms with van der Waals surface area (Å²) in [7, 11) is 1.56. The molecule has 1 saturated heterocycles. The first-order valence-corrected chi connectivity index (χ1v) is 7.39. The minimum absolute atomic E-state index is 0.0790. The first-order valence-electron chi connectivity index (χ1n) is 7.01. The zero-order chi connectivity index (χ0) is 15.4. The third kappa shape index (κ3) is 4.09.